The summed E-state index contributed by atoms with van der Waals surface area (Å²) in [6, 6.07) is 17.7. The van der Waals surface area contributed by atoms with E-state index in [9.17, 15) is 26.4 Å². The van der Waals surface area contributed by atoms with Gasteiger partial charge in [-0.1, -0.05) is 47.5 Å². The molecule has 0 aliphatic rings. The Balaban J connectivity index is 1.80. The first-order valence-electron chi connectivity index (χ1n) is 10.4. The SMILES string of the molecule is Cc1ccc(SCCNC(=O)CN(c2ccc(Cl)c(C(F)(F)F)c2)S(=O)(=O)c2ccccc2)cc1. The molecule has 1 N–H and O–H groups in total. The number of nitrogens with one attached hydrogen (secondary N) is 1. The number of amides is 1. The van der Waals surface area contributed by atoms with Crippen LogP contribution in [0.1, 0.15) is 11.1 Å². The lowest BCUT2D eigenvalue weighted by Gasteiger charge is -2.25. The minimum absolute atomic E-state index is 0.161. The van der Waals surface area contributed by atoms with Crippen LogP contribution in [0.25, 0.3) is 0 Å². The number of rotatable bonds is 9. The number of carbonyl (C=O) groups excluding carboxylic acids is 1. The molecule has 0 saturated carbocycles. The first-order valence-corrected chi connectivity index (χ1v) is 13.2. The lowest BCUT2D eigenvalue weighted by molar-refractivity contribution is -0.137. The van der Waals surface area contributed by atoms with E-state index in [4.69, 9.17) is 11.6 Å². The molecule has 0 saturated heterocycles. The fraction of sp³-hybridized carbons (Fsp3) is 0.208. The van der Waals surface area contributed by atoms with Gasteiger partial charge in [0.15, 0.2) is 0 Å². The third-order valence-electron chi connectivity index (χ3n) is 4.88. The molecule has 0 heterocycles. The minimum Gasteiger partial charge on any atom is -0.354 e. The maximum atomic E-state index is 13.4. The molecule has 3 aromatic carbocycles. The number of benzene rings is 3. The van der Waals surface area contributed by atoms with Crippen LogP contribution in [-0.4, -0.2) is 33.2 Å². The molecule has 11 heteroatoms. The van der Waals surface area contributed by atoms with Gasteiger partial charge in [-0.3, -0.25) is 9.10 Å². The summed E-state index contributed by atoms with van der Waals surface area (Å²) < 4.78 is 67.4. The highest BCUT2D eigenvalue weighted by Gasteiger charge is 2.35. The van der Waals surface area contributed by atoms with Crippen molar-refractivity contribution in [2.75, 3.05) is 23.1 Å². The lowest BCUT2D eigenvalue weighted by Crippen LogP contribution is -2.41. The number of thioether (sulfide) groups is 1. The molecule has 0 atom stereocenters. The van der Waals surface area contributed by atoms with Crippen molar-refractivity contribution >= 4 is 45.0 Å². The average molecular weight is 543 g/mol. The van der Waals surface area contributed by atoms with Crippen molar-refractivity contribution in [3.8, 4) is 0 Å². The summed E-state index contributed by atoms with van der Waals surface area (Å²) in [5.41, 5.74) is -0.396. The molecular weight excluding hydrogens is 521 g/mol. The Kier molecular flexibility index (Phi) is 8.74. The topological polar surface area (TPSA) is 66.5 Å². The molecule has 0 fully saturated rings. The van der Waals surface area contributed by atoms with Crippen LogP contribution in [0.3, 0.4) is 0 Å². The van der Waals surface area contributed by atoms with Crippen LogP contribution in [0, 0.1) is 6.92 Å². The van der Waals surface area contributed by atoms with Crippen molar-refractivity contribution in [2.24, 2.45) is 0 Å². The maximum Gasteiger partial charge on any atom is 0.417 e. The largest absolute Gasteiger partial charge is 0.417 e. The van der Waals surface area contributed by atoms with E-state index in [0.29, 0.717) is 16.1 Å². The predicted octanol–water partition coefficient (Wildman–Crippen LogP) is 5.77. The van der Waals surface area contributed by atoms with Crippen molar-refractivity contribution in [3.05, 3.63) is 88.9 Å². The molecule has 1 amide bonds. The number of sulfonamides is 1. The number of alkyl halides is 3. The second-order valence-corrected chi connectivity index (χ2v) is 10.9. The molecule has 0 aliphatic heterocycles. The molecule has 3 aromatic rings. The highest BCUT2D eigenvalue weighted by molar-refractivity contribution is 7.99. The molecule has 35 heavy (non-hydrogen) atoms. The lowest BCUT2D eigenvalue weighted by atomic mass is 10.2. The van der Waals surface area contributed by atoms with E-state index in [1.54, 1.807) is 6.07 Å². The summed E-state index contributed by atoms with van der Waals surface area (Å²) in [4.78, 5) is 13.5. The van der Waals surface area contributed by atoms with Crippen LogP contribution in [-0.2, 0) is 21.0 Å². The number of hydrogen-bond acceptors (Lipinski definition) is 4. The van der Waals surface area contributed by atoms with E-state index in [1.807, 2.05) is 31.2 Å². The molecule has 5 nitrogen and oxygen atoms in total. The van der Waals surface area contributed by atoms with Gasteiger partial charge in [-0.05, 0) is 49.4 Å². The van der Waals surface area contributed by atoms with Crippen molar-refractivity contribution in [1.29, 1.82) is 0 Å². The molecule has 186 valence electrons. The van der Waals surface area contributed by atoms with Gasteiger partial charge in [0.25, 0.3) is 10.0 Å². The van der Waals surface area contributed by atoms with Crippen LogP contribution < -0.4 is 9.62 Å². The van der Waals surface area contributed by atoms with Crippen LogP contribution in [0.4, 0.5) is 18.9 Å². The van der Waals surface area contributed by atoms with Gasteiger partial charge in [-0.15, -0.1) is 11.8 Å². The smallest absolute Gasteiger partial charge is 0.354 e. The second-order valence-electron chi connectivity index (χ2n) is 7.50. The normalized spacial score (nSPS) is 11.8. The van der Waals surface area contributed by atoms with Crippen molar-refractivity contribution in [1.82, 2.24) is 5.32 Å². The molecule has 3 rings (SSSR count). The predicted molar refractivity (Wildman–Crippen MR) is 132 cm³/mol. The number of nitrogens with zero attached hydrogens (tertiary/aromatic N) is 1. The zero-order valence-electron chi connectivity index (χ0n) is 18.5. The quantitative estimate of drug-likeness (QED) is 0.275. The standard InChI is InChI=1S/C24H22ClF3N2O3S2/c1-17-7-10-19(11-8-17)34-14-13-29-23(31)16-30(35(32,33)20-5-3-2-4-6-20)18-9-12-22(25)21(15-18)24(26,27)28/h2-12,15H,13-14,16H2,1H3,(H,29,31). The molecular formula is C24H22ClF3N2O3S2. The van der Waals surface area contributed by atoms with Crippen molar-refractivity contribution in [3.63, 3.8) is 0 Å². The number of aryl methyl sites for hydroxylation is 1. The summed E-state index contributed by atoms with van der Waals surface area (Å²) >= 11 is 7.21. The number of hydrogen-bond donors (Lipinski definition) is 1. The fourth-order valence-corrected chi connectivity index (χ4v) is 5.53. The molecule has 0 aromatic heterocycles. The highest BCUT2D eigenvalue weighted by atomic mass is 35.5. The molecule has 0 bridgehead atoms. The van der Waals surface area contributed by atoms with Gasteiger partial charge in [0.05, 0.1) is 21.2 Å². The van der Waals surface area contributed by atoms with E-state index < -0.39 is 39.2 Å². The average Bonchev–Trinajstić information content (AvgIpc) is 2.81. The van der Waals surface area contributed by atoms with E-state index in [0.717, 1.165) is 22.6 Å². The molecule has 0 unspecified atom stereocenters. The van der Waals surface area contributed by atoms with Gasteiger partial charge in [0.1, 0.15) is 6.54 Å². The molecule has 0 radical (unpaired) electrons. The van der Waals surface area contributed by atoms with Gasteiger partial charge < -0.3 is 5.32 Å². The van der Waals surface area contributed by atoms with Crippen molar-refractivity contribution < 1.29 is 26.4 Å². The zero-order valence-corrected chi connectivity index (χ0v) is 20.9. The summed E-state index contributed by atoms with van der Waals surface area (Å²) in [6.45, 7) is 1.51. The van der Waals surface area contributed by atoms with Crippen molar-refractivity contribution in [2.45, 2.75) is 22.9 Å². The Morgan fingerprint density at radius 2 is 1.69 bits per heavy atom. The Morgan fingerprint density at radius 1 is 1.03 bits per heavy atom. The Bertz CT molecular complexity index is 1270. The van der Waals surface area contributed by atoms with Gasteiger partial charge >= 0.3 is 6.18 Å². The van der Waals surface area contributed by atoms with Crippen LogP contribution in [0.5, 0.6) is 0 Å². The number of halogens is 4. The van der Waals surface area contributed by atoms with E-state index in [2.05, 4.69) is 5.32 Å². The van der Waals surface area contributed by atoms with Gasteiger partial charge in [0, 0.05) is 17.2 Å². The van der Waals surface area contributed by atoms with E-state index in [-0.39, 0.29) is 17.1 Å². The van der Waals surface area contributed by atoms with E-state index >= 15 is 0 Å². The summed E-state index contributed by atoms with van der Waals surface area (Å²) in [7, 11) is -4.35. The minimum atomic E-state index is -4.80. The second kappa shape index (κ2) is 11.4. The van der Waals surface area contributed by atoms with Gasteiger partial charge in [0.2, 0.25) is 5.91 Å². The summed E-state index contributed by atoms with van der Waals surface area (Å²) in [5.74, 6) is -0.128. The first kappa shape index (κ1) is 26.9. The number of carbonyl (C=O) groups is 1. The third kappa shape index (κ3) is 7.16. The van der Waals surface area contributed by atoms with Gasteiger partial charge in [-0.2, -0.15) is 13.2 Å². The van der Waals surface area contributed by atoms with Crippen LogP contribution >= 0.6 is 23.4 Å². The highest BCUT2D eigenvalue weighted by Crippen LogP contribution is 2.38. The molecule has 0 spiro atoms. The zero-order chi connectivity index (χ0) is 25.6. The Morgan fingerprint density at radius 3 is 2.31 bits per heavy atom. The first-order chi connectivity index (χ1) is 16.5. The maximum absolute atomic E-state index is 13.4. The summed E-state index contributed by atoms with van der Waals surface area (Å²) in [5, 5.41) is 2.06. The number of anilines is 1. The van der Waals surface area contributed by atoms with Crippen LogP contribution in [0.2, 0.25) is 5.02 Å². The third-order valence-corrected chi connectivity index (χ3v) is 8.01. The summed E-state index contributed by atoms with van der Waals surface area (Å²) in [6.07, 6.45) is -4.80. The molecule has 0 aliphatic carbocycles. The van der Waals surface area contributed by atoms with Crippen LogP contribution in [0.15, 0.2) is 82.6 Å². The fourth-order valence-electron chi connectivity index (χ4n) is 3.10. The monoisotopic (exact) mass is 542 g/mol. The van der Waals surface area contributed by atoms with E-state index in [1.165, 1.54) is 36.0 Å². The Labute approximate surface area is 211 Å². The Hall–Kier alpha value is -2.69. The van der Waals surface area contributed by atoms with Gasteiger partial charge in [-0.25, -0.2) is 8.42 Å².